The van der Waals surface area contributed by atoms with Gasteiger partial charge in [0.25, 0.3) is 0 Å². The number of benzene rings is 1. The summed E-state index contributed by atoms with van der Waals surface area (Å²) in [6.07, 6.45) is -0.0750. The Morgan fingerprint density at radius 2 is 2.29 bits per heavy atom. The minimum atomic E-state index is -0.904. The fourth-order valence-electron chi connectivity index (χ4n) is 0.997. The molecule has 0 atom stereocenters. The van der Waals surface area contributed by atoms with E-state index in [0.717, 1.165) is 3.57 Å². The summed E-state index contributed by atoms with van der Waals surface area (Å²) in [5, 5.41) is 17.4. The number of hydrogen-bond acceptors (Lipinski definition) is 2. The molecule has 0 spiro atoms. The quantitative estimate of drug-likeness (QED) is 0.819. The van der Waals surface area contributed by atoms with Crippen LogP contribution in [0.15, 0.2) is 16.6 Å². The first-order chi connectivity index (χ1) is 6.56. The Labute approximate surface area is 103 Å². The molecule has 0 saturated carbocycles. The summed E-state index contributed by atoms with van der Waals surface area (Å²) in [5.74, 6) is -0.904. The van der Waals surface area contributed by atoms with E-state index in [9.17, 15) is 4.79 Å². The van der Waals surface area contributed by atoms with Crippen molar-refractivity contribution in [3.63, 3.8) is 0 Å². The number of hydrogen-bond donors (Lipinski definition) is 1. The molecule has 72 valence electrons. The Balaban J connectivity index is 3.27. The molecule has 1 aromatic rings. The maximum Gasteiger partial charge on any atom is 0.307 e. The molecule has 5 heteroatoms. The number of carboxylic acid groups (broad SMARTS) is 1. The van der Waals surface area contributed by atoms with Crippen LogP contribution < -0.4 is 0 Å². The molecule has 0 saturated heterocycles. The molecule has 1 aromatic carbocycles. The SMILES string of the molecule is N#Cc1ccc(I)c(CC(=O)O)c1Br. The standard InChI is InChI=1S/C9H5BrINO2/c10-9-5(4-12)1-2-7(11)6(9)3-8(13)14/h1-2H,3H2,(H,13,14). The van der Waals surface area contributed by atoms with Crippen molar-refractivity contribution in [1.29, 1.82) is 5.26 Å². The second-order valence-corrected chi connectivity index (χ2v) is 4.52. The summed E-state index contributed by atoms with van der Waals surface area (Å²) in [5.41, 5.74) is 1.11. The fourth-order valence-corrected chi connectivity index (χ4v) is 2.58. The zero-order valence-corrected chi connectivity index (χ0v) is 10.7. The Bertz CT molecular complexity index is 426. The van der Waals surface area contributed by atoms with E-state index in [1.54, 1.807) is 12.1 Å². The fraction of sp³-hybridized carbons (Fsp3) is 0.111. The lowest BCUT2D eigenvalue weighted by Gasteiger charge is -2.05. The van der Waals surface area contributed by atoms with Crippen molar-refractivity contribution in [1.82, 2.24) is 0 Å². The van der Waals surface area contributed by atoms with Crippen molar-refractivity contribution >= 4 is 44.5 Å². The van der Waals surface area contributed by atoms with Crippen LogP contribution in [0.5, 0.6) is 0 Å². The Kier molecular flexibility index (Phi) is 3.89. The van der Waals surface area contributed by atoms with Gasteiger partial charge >= 0.3 is 5.97 Å². The van der Waals surface area contributed by atoms with Crippen LogP contribution in [0.3, 0.4) is 0 Å². The number of aliphatic carboxylic acids is 1. The van der Waals surface area contributed by atoms with Crippen LogP contribution in [0.4, 0.5) is 0 Å². The van der Waals surface area contributed by atoms with E-state index in [-0.39, 0.29) is 6.42 Å². The Morgan fingerprint density at radius 3 is 2.79 bits per heavy atom. The highest BCUT2D eigenvalue weighted by Crippen LogP contribution is 2.26. The number of nitrogens with zero attached hydrogens (tertiary/aromatic N) is 1. The number of carboxylic acids is 1. The average Bonchev–Trinajstić information content (AvgIpc) is 2.12. The molecule has 1 rings (SSSR count). The molecule has 0 fully saturated rings. The average molecular weight is 366 g/mol. The second kappa shape index (κ2) is 4.75. The van der Waals surface area contributed by atoms with E-state index < -0.39 is 5.97 Å². The van der Waals surface area contributed by atoms with E-state index in [4.69, 9.17) is 10.4 Å². The normalized spacial score (nSPS) is 9.50. The third-order valence-electron chi connectivity index (χ3n) is 1.63. The van der Waals surface area contributed by atoms with Crippen LogP contribution in [-0.4, -0.2) is 11.1 Å². The lowest BCUT2D eigenvalue weighted by Crippen LogP contribution is -2.03. The predicted octanol–water partition coefficient (Wildman–Crippen LogP) is 2.55. The van der Waals surface area contributed by atoms with E-state index in [1.807, 2.05) is 28.7 Å². The lowest BCUT2D eigenvalue weighted by molar-refractivity contribution is -0.136. The van der Waals surface area contributed by atoms with Gasteiger partial charge in [-0.15, -0.1) is 0 Å². The van der Waals surface area contributed by atoms with Gasteiger partial charge in [-0.25, -0.2) is 0 Å². The van der Waals surface area contributed by atoms with Gasteiger partial charge in [0.2, 0.25) is 0 Å². The number of halogens is 2. The van der Waals surface area contributed by atoms with Crippen LogP contribution in [0.25, 0.3) is 0 Å². The molecule has 0 aliphatic carbocycles. The first-order valence-electron chi connectivity index (χ1n) is 3.65. The van der Waals surface area contributed by atoms with Gasteiger partial charge in [0, 0.05) is 8.04 Å². The van der Waals surface area contributed by atoms with Crippen molar-refractivity contribution in [3.8, 4) is 6.07 Å². The van der Waals surface area contributed by atoms with Crippen LogP contribution >= 0.6 is 38.5 Å². The number of carbonyl (C=O) groups is 1. The minimum absolute atomic E-state index is 0.0750. The highest BCUT2D eigenvalue weighted by atomic mass is 127. The van der Waals surface area contributed by atoms with Crippen LogP contribution in [0.2, 0.25) is 0 Å². The van der Waals surface area contributed by atoms with Crippen molar-refractivity contribution in [2.24, 2.45) is 0 Å². The van der Waals surface area contributed by atoms with Crippen LogP contribution in [0, 0.1) is 14.9 Å². The summed E-state index contributed by atoms with van der Waals surface area (Å²) in [6, 6.07) is 5.40. The molecule has 0 aromatic heterocycles. The maximum absolute atomic E-state index is 10.6. The van der Waals surface area contributed by atoms with Gasteiger partial charge in [-0.2, -0.15) is 5.26 Å². The highest BCUT2D eigenvalue weighted by Gasteiger charge is 2.12. The van der Waals surface area contributed by atoms with Gasteiger partial charge in [0.1, 0.15) is 6.07 Å². The molecule has 0 aliphatic heterocycles. The van der Waals surface area contributed by atoms with Crippen molar-refractivity contribution in [2.75, 3.05) is 0 Å². The smallest absolute Gasteiger partial charge is 0.307 e. The largest absolute Gasteiger partial charge is 0.481 e. The van der Waals surface area contributed by atoms with Gasteiger partial charge in [0.05, 0.1) is 12.0 Å². The minimum Gasteiger partial charge on any atom is -0.481 e. The Hall–Kier alpha value is -0.610. The van der Waals surface area contributed by atoms with E-state index in [0.29, 0.717) is 15.6 Å². The summed E-state index contributed by atoms with van der Waals surface area (Å²) in [6.45, 7) is 0. The van der Waals surface area contributed by atoms with Gasteiger partial charge in [-0.1, -0.05) is 0 Å². The summed E-state index contributed by atoms with van der Waals surface area (Å²) in [4.78, 5) is 10.6. The first kappa shape index (κ1) is 11.5. The van der Waals surface area contributed by atoms with Gasteiger partial charge in [-0.3, -0.25) is 4.79 Å². The van der Waals surface area contributed by atoms with Crippen molar-refractivity contribution < 1.29 is 9.90 Å². The van der Waals surface area contributed by atoms with Crippen molar-refractivity contribution in [2.45, 2.75) is 6.42 Å². The molecular weight excluding hydrogens is 361 g/mol. The second-order valence-electron chi connectivity index (χ2n) is 2.57. The van der Waals surface area contributed by atoms with E-state index in [2.05, 4.69) is 15.9 Å². The molecule has 3 nitrogen and oxygen atoms in total. The molecule has 0 bridgehead atoms. The van der Waals surface area contributed by atoms with Crippen LogP contribution in [0.1, 0.15) is 11.1 Å². The molecule has 0 radical (unpaired) electrons. The Morgan fingerprint density at radius 1 is 1.64 bits per heavy atom. The topological polar surface area (TPSA) is 61.1 Å². The lowest BCUT2D eigenvalue weighted by atomic mass is 10.1. The van der Waals surface area contributed by atoms with Gasteiger partial charge in [-0.05, 0) is 56.2 Å². The third kappa shape index (κ3) is 2.45. The maximum atomic E-state index is 10.6. The molecular formula is C9H5BrINO2. The first-order valence-corrected chi connectivity index (χ1v) is 5.52. The zero-order valence-electron chi connectivity index (χ0n) is 6.92. The summed E-state index contributed by atoms with van der Waals surface area (Å²) in [7, 11) is 0. The van der Waals surface area contributed by atoms with Crippen LogP contribution in [-0.2, 0) is 11.2 Å². The molecule has 0 aliphatic rings. The van der Waals surface area contributed by atoms with Gasteiger partial charge in [0.15, 0.2) is 0 Å². The monoisotopic (exact) mass is 365 g/mol. The summed E-state index contributed by atoms with van der Waals surface area (Å²) >= 11 is 5.28. The van der Waals surface area contributed by atoms with E-state index >= 15 is 0 Å². The predicted molar refractivity (Wildman–Crippen MR) is 62.9 cm³/mol. The number of rotatable bonds is 2. The number of nitriles is 1. The van der Waals surface area contributed by atoms with Gasteiger partial charge < -0.3 is 5.11 Å². The molecule has 14 heavy (non-hydrogen) atoms. The zero-order chi connectivity index (χ0) is 10.7. The molecule has 1 N–H and O–H groups in total. The molecule has 0 unspecified atom stereocenters. The third-order valence-corrected chi connectivity index (χ3v) is 3.55. The highest BCUT2D eigenvalue weighted by molar-refractivity contribution is 14.1. The molecule has 0 heterocycles. The van der Waals surface area contributed by atoms with E-state index in [1.165, 1.54) is 0 Å². The molecule has 0 amide bonds. The van der Waals surface area contributed by atoms with Crippen molar-refractivity contribution in [3.05, 3.63) is 31.3 Å². The summed E-state index contributed by atoms with van der Waals surface area (Å²) < 4.78 is 1.42.